The van der Waals surface area contributed by atoms with Crippen molar-refractivity contribution in [3.63, 3.8) is 0 Å². The first-order chi connectivity index (χ1) is 15.3. The summed E-state index contributed by atoms with van der Waals surface area (Å²) in [5.41, 5.74) is 6.88. The van der Waals surface area contributed by atoms with E-state index in [0.717, 1.165) is 6.42 Å². The van der Waals surface area contributed by atoms with Gasteiger partial charge in [-0.3, -0.25) is 6.08 Å². The van der Waals surface area contributed by atoms with Gasteiger partial charge in [-0.1, -0.05) is 67.9 Å². The van der Waals surface area contributed by atoms with Gasteiger partial charge in [0.05, 0.1) is 0 Å². The fraction of sp³-hybridized carbons (Fsp3) is 0.233. The zero-order valence-corrected chi connectivity index (χ0v) is 25.8. The second-order valence-corrected chi connectivity index (χ2v) is 16.3. The van der Waals surface area contributed by atoms with Crippen LogP contribution in [-0.2, 0) is 30.7 Å². The molecular formula is C30H34Cl2SiZr. The molecule has 3 aromatic carbocycles. The predicted octanol–water partition coefficient (Wildman–Crippen LogP) is 8.47. The van der Waals surface area contributed by atoms with Gasteiger partial charge < -0.3 is 0 Å². The van der Waals surface area contributed by atoms with Gasteiger partial charge >= 0.3 is 70.3 Å². The average molecular weight is 585 g/mol. The molecule has 0 saturated heterocycles. The third kappa shape index (κ3) is 8.72. The summed E-state index contributed by atoms with van der Waals surface area (Å²) in [6.45, 7) is 11.5. The first-order valence-electron chi connectivity index (χ1n) is 11.3. The van der Waals surface area contributed by atoms with Crippen LogP contribution in [0.1, 0.15) is 30.5 Å². The van der Waals surface area contributed by atoms with Gasteiger partial charge in [0.1, 0.15) is 0 Å². The Balaban J connectivity index is 0.000000253. The van der Waals surface area contributed by atoms with E-state index in [2.05, 4.69) is 118 Å². The first-order valence-corrected chi connectivity index (χ1v) is 16.0. The standard InChI is InChI=1S/C13H9.C9H15Si.C8H8.2ClH.Zr/c1-3-7-12-10(5-1)9-11-6-2-4-8-13(11)12;1-8-5-6-9(7-8)10(2,3)4;1-2-8-6-4-3-5-7-8;;;/h1-5,7-8H,9H2;6-8H,1-4H3;3-7H,1H3;2*1H;/q2*-1;;;;+2. The molecule has 0 nitrogen and oxygen atoms in total. The zero-order valence-electron chi connectivity index (χ0n) is 20.7. The van der Waals surface area contributed by atoms with E-state index in [1.165, 1.54) is 55.3 Å². The van der Waals surface area contributed by atoms with Gasteiger partial charge in [0.15, 0.2) is 0 Å². The molecule has 0 bridgehead atoms. The molecule has 0 heterocycles. The molecule has 0 aliphatic heterocycles. The largest absolute Gasteiger partial charge is 0.179 e. The average Bonchev–Trinajstić information content (AvgIpc) is 3.39. The maximum absolute atomic E-state index is 3.30. The Morgan fingerprint density at radius 1 is 0.882 bits per heavy atom. The van der Waals surface area contributed by atoms with Crippen LogP contribution in [0.2, 0.25) is 19.6 Å². The van der Waals surface area contributed by atoms with Crippen LogP contribution in [0, 0.1) is 18.1 Å². The molecule has 0 radical (unpaired) electrons. The number of hydrogen-bond acceptors (Lipinski definition) is 0. The van der Waals surface area contributed by atoms with Crippen LogP contribution in [0.15, 0.2) is 90.1 Å². The summed E-state index contributed by atoms with van der Waals surface area (Å²) < 4.78 is 1.46. The van der Waals surface area contributed by atoms with Crippen molar-refractivity contribution in [3.05, 3.63) is 119 Å². The SMILES string of the molecule is CC1[C-]=CC([Si](C)(C)C)=C1.C[C](=[Zr+2])c1ccccc1.Cl.Cl.[c-]1cccc2c1Cc1ccccc1-2. The monoisotopic (exact) mass is 582 g/mol. The van der Waals surface area contributed by atoms with Gasteiger partial charge in [0.2, 0.25) is 0 Å². The van der Waals surface area contributed by atoms with Gasteiger partial charge in [0.25, 0.3) is 0 Å². The van der Waals surface area contributed by atoms with Crippen molar-refractivity contribution in [3.8, 4) is 11.1 Å². The Hall–Kier alpha value is -1.31. The summed E-state index contributed by atoms with van der Waals surface area (Å²) in [7, 11) is -1.02. The Labute approximate surface area is 234 Å². The molecule has 1 unspecified atom stereocenters. The van der Waals surface area contributed by atoms with E-state index in [0.29, 0.717) is 5.92 Å². The molecule has 4 heteroatoms. The van der Waals surface area contributed by atoms with Crippen molar-refractivity contribution in [1.29, 1.82) is 0 Å². The summed E-state index contributed by atoms with van der Waals surface area (Å²) in [6, 6.07) is 28.6. The van der Waals surface area contributed by atoms with Crippen molar-refractivity contribution >= 4 is 36.1 Å². The fourth-order valence-corrected chi connectivity index (χ4v) is 5.42. The normalized spacial score (nSPS) is 14.6. The first kappa shape index (κ1) is 30.7. The van der Waals surface area contributed by atoms with Gasteiger partial charge in [-0.2, -0.15) is 35.9 Å². The molecule has 5 rings (SSSR count). The maximum Gasteiger partial charge on any atom is -0.0253 e. The molecule has 176 valence electrons. The van der Waals surface area contributed by atoms with Crippen LogP contribution < -0.4 is 0 Å². The van der Waals surface area contributed by atoms with Gasteiger partial charge in [-0.05, 0) is 14.5 Å². The minimum absolute atomic E-state index is 0. The number of hydrogen-bond donors (Lipinski definition) is 0. The fourth-order valence-electron chi connectivity index (χ4n) is 3.74. The van der Waals surface area contributed by atoms with E-state index in [-0.39, 0.29) is 24.8 Å². The van der Waals surface area contributed by atoms with E-state index in [1.54, 1.807) is 5.20 Å². The number of allylic oxidation sites excluding steroid dienone is 4. The molecule has 0 fully saturated rings. The van der Waals surface area contributed by atoms with Gasteiger partial charge in [0, 0.05) is 0 Å². The van der Waals surface area contributed by atoms with Crippen molar-refractivity contribution in [2.24, 2.45) is 5.92 Å². The summed E-state index contributed by atoms with van der Waals surface area (Å²) in [6.07, 6.45) is 8.86. The minimum Gasteiger partial charge on any atom is -0.179 e. The predicted molar refractivity (Wildman–Crippen MR) is 153 cm³/mol. The topological polar surface area (TPSA) is 0 Å². The second-order valence-electron chi connectivity index (χ2n) is 9.36. The van der Waals surface area contributed by atoms with Crippen molar-refractivity contribution in [2.75, 3.05) is 0 Å². The Morgan fingerprint density at radius 2 is 1.50 bits per heavy atom. The number of benzene rings is 3. The minimum atomic E-state index is -1.02. The molecule has 2 aliphatic rings. The van der Waals surface area contributed by atoms with E-state index >= 15 is 0 Å². The molecule has 0 spiro atoms. The van der Waals surface area contributed by atoms with E-state index in [9.17, 15) is 0 Å². The molecule has 34 heavy (non-hydrogen) atoms. The number of fused-ring (bicyclic) bond motifs is 3. The van der Waals surface area contributed by atoms with E-state index in [4.69, 9.17) is 0 Å². The molecule has 1 atom stereocenters. The number of halogens is 2. The summed E-state index contributed by atoms with van der Waals surface area (Å²) in [4.78, 5) is 0. The van der Waals surface area contributed by atoms with E-state index < -0.39 is 8.07 Å². The van der Waals surface area contributed by atoms with Crippen LogP contribution in [0.25, 0.3) is 11.1 Å². The molecule has 2 aliphatic carbocycles. The molecule has 0 aromatic heterocycles. The Bertz CT molecular complexity index is 1080. The number of rotatable bonds is 2. The smallest absolute Gasteiger partial charge is 0.0253 e. The molecule has 0 N–H and O–H groups in total. The van der Waals surface area contributed by atoms with Crippen LogP contribution in [0.4, 0.5) is 0 Å². The van der Waals surface area contributed by atoms with Crippen LogP contribution in [0.5, 0.6) is 0 Å². The quantitative estimate of drug-likeness (QED) is 0.164. The van der Waals surface area contributed by atoms with Crippen LogP contribution >= 0.6 is 24.8 Å². The van der Waals surface area contributed by atoms with Crippen molar-refractivity contribution < 1.29 is 24.2 Å². The Kier molecular flexibility index (Phi) is 12.9. The second kappa shape index (κ2) is 14.3. The summed E-state index contributed by atoms with van der Waals surface area (Å²) >= 11 is 1.51. The van der Waals surface area contributed by atoms with Gasteiger partial charge in [-0.15, -0.1) is 30.4 Å². The zero-order chi connectivity index (χ0) is 23.1. The summed E-state index contributed by atoms with van der Waals surface area (Å²) in [5, 5.41) is 1.56. The van der Waals surface area contributed by atoms with Gasteiger partial charge in [-0.25, -0.2) is 11.3 Å². The van der Waals surface area contributed by atoms with Crippen molar-refractivity contribution in [1.82, 2.24) is 0 Å². The van der Waals surface area contributed by atoms with Crippen LogP contribution in [0.3, 0.4) is 0 Å². The van der Waals surface area contributed by atoms with Crippen molar-refractivity contribution in [2.45, 2.75) is 39.9 Å². The summed E-state index contributed by atoms with van der Waals surface area (Å²) in [5.74, 6) is 0.557. The molecular weight excluding hydrogens is 551 g/mol. The van der Waals surface area contributed by atoms with E-state index in [1.807, 2.05) is 12.1 Å². The Morgan fingerprint density at radius 3 is 2.03 bits per heavy atom. The maximum atomic E-state index is 3.30. The molecule has 3 aromatic rings. The van der Waals surface area contributed by atoms with Crippen LogP contribution in [-0.4, -0.2) is 11.3 Å². The molecule has 0 saturated carbocycles. The third-order valence-electron chi connectivity index (χ3n) is 5.62. The third-order valence-corrected chi connectivity index (χ3v) is 8.37. The molecule has 0 amide bonds.